The van der Waals surface area contributed by atoms with Crippen LogP contribution in [0.5, 0.6) is 0 Å². The maximum absolute atomic E-state index is 11.3. The van der Waals surface area contributed by atoms with E-state index in [0.29, 0.717) is 18.5 Å². The fraction of sp³-hybridized carbons (Fsp3) is 0.909. The van der Waals surface area contributed by atoms with E-state index >= 15 is 0 Å². The third-order valence-corrected chi connectivity index (χ3v) is 3.18. The van der Waals surface area contributed by atoms with Gasteiger partial charge in [0.05, 0.1) is 6.54 Å². The summed E-state index contributed by atoms with van der Waals surface area (Å²) in [5, 5.41) is 6.20. The SMILES string of the molecule is CC(CNC(=O)CNC1CC1)C1CC1. The van der Waals surface area contributed by atoms with Gasteiger partial charge in [0.25, 0.3) is 0 Å². The molecule has 2 N–H and O–H groups in total. The Morgan fingerprint density at radius 3 is 2.64 bits per heavy atom. The van der Waals surface area contributed by atoms with E-state index in [1.54, 1.807) is 0 Å². The van der Waals surface area contributed by atoms with Crippen LogP contribution in [0.25, 0.3) is 0 Å². The van der Waals surface area contributed by atoms with Gasteiger partial charge in [-0.3, -0.25) is 4.79 Å². The first-order valence-corrected chi connectivity index (χ1v) is 5.76. The molecule has 0 saturated heterocycles. The first-order chi connectivity index (χ1) is 6.75. The van der Waals surface area contributed by atoms with Gasteiger partial charge in [0, 0.05) is 12.6 Å². The quantitative estimate of drug-likeness (QED) is 0.662. The minimum absolute atomic E-state index is 0.157. The zero-order valence-electron chi connectivity index (χ0n) is 8.88. The minimum atomic E-state index is 0.157. The van der Waals surface area contributed by atoms with E-state index in [4.69, 9.17) is 0 Å². The fourth-order valence-electron chi connectivity index (χ4n) is 1.69. The number of carbonyl (C=O) groups is 1. The van der Waals surface area contributed by atoms with Crippen LogP contribution in [0.15, 0.2) is 0 Å². The van der Waals surface area contributed by atoms with E-state index in [1.165, 1.54) is 25.7 Å². The highest BCUT2D eigenvalue weighted by Gasteiger charge is 2.28. The number of nitrogens with one attached hydrogen (secondary N) is 2. The second kappa shape index (κ2) is 4.30. The van der Waals surface area contributed by atoms with Gasteiger partial charge in [-0.1, -0.05) is 6.92 Å². The van der Waals surface area contributed by atoms with Crippen molar-refractivity contribution < 1.29 is 4.79 Å². The van der Waals surface area contributed by atoms with Gasteiger partial charge in [0.2, 0.25) is 5.91 Å². The molecule has 1 amide bonds. The highest BCUT2D eigenvalue weighted by atomic mass is 16.1. The summed E-state index contributed by atoms with van der Waals surface area (Å²) in [6.45, 7) is 3.59. The Bertz CT molecular complexity index is 209. The van der Waals surface area contributed by atoms with Crippen LogP contribution in [0.4, 0.5) is 0 Å². The highest BCUT2D eigenvalue weighted by molar-refractivity contribution is 5.78. The molecule has 0 aromatic carbocycles. The van der Waals surface area contributed by atoms with Crippen LogP contribution in [0.3, 0.4) is 0 Å². The molecular formula is C11H20N2O. The summed E-state index contributed by atoms with van der Waals surface area (Å²) in [5.74, 6) is 1.70. The Balaban J connectivity index is 1.52. The predicted molar refractivity (Wildman–Crippen MR) is 55.9 cm³/mol. The third-order valence-electron chi connectivity index (χ3n) is 3.18. The smallest absolute Gasteiger partial charge is 0.233 e. The molecule has 2 rings (SSSR count). The molecular weight excluding hydrogens is 176 g/mol. The van der Waals surface area contributed by atoms with Crippen LogP contribution in [-0.2, 0) is 4.79 Å². The molecule has 1 unspecified atom stereocenters. The summed E-state index contributed by atoms with van der Waals surface area (Å²) in [6, 6.07) is 0.626. The van der Waals surface area contributed by atoms with E-state index < -0.39 is 0 Å². The minimum Gasteiger partial charge on any atom is -0.355 e. The zero-order chi connectivity index (χ0) is 9.97. The van der Waals surface area contributed by atoms with E-state index in [9.17, 15) is 4.79 Å². The van der Waals surface area contributed by atoms with Crippen LogP contribution in [0.2, 0.25) is 0 Å². The number of amides is 1. The van der Waals surface area contributed by atoms with Crippen LogP contribution in [-0.4, -0.2) is 25.0 Å². The Morgan fingerprint density at radius 2 is 2.07 bits per heavy atom. The lowest BCUT2D eigenvalue weighted by Gasteiger charge is -2.11. The molecule has 2 saturated carbocycles. The first-order valence-electron chi connectivity index (χ1n) is 5.76. The molecule has 3 nitrogen and oxygen atoms in total. The summed E-state index contributed by atoms with van der Waals surface area (Å²) >= 11 is 0. The molecule has 0 heterocycles. The molecule has 0 aromatic heterocycles. The molecule has 0 spiro atoms. The molecule has 14 heavy (non-hydrogen) atoms. The van der Waals surface area contributed by atoms with Crippen molar-refractivity contribution in [1.82, 2.24) is 10.6 Å². The Kier molecular flexibility index (Phi) is 3.06. The van der Waals surface area contributed by atoms with Gasteiger partial charge in [0.15, 0.2) is 0 Å². The summed E-state index contributed by atoms with van der Waals surface area (Å²) in [7, 11) is 0. The normalized spacial score (nSPS) is 23.2. The topological polar surface area (TPSA) is 41.1 Å². The van der Waals surface area contributed by atoms with Gasteiger partial charge in [-0.25, -0.2) is 0 Å². The predicted octanol–water partition coefficient (Wildman–Crippen LogP) is 0.901. The van der Waals surface area contributed by atoms with Crippen LogP contribution in [0.1, 0.15) is 32.6 Å². The number of hydrogen-bond acceptors (Lipinski definition) is 2. The maximum Gasteiger partial charge on any atom is 0.233 e. The Hall–Kier alpha value is -0.570. The molecule has 0 radical (unpaired) electrons. The molecule has 0 bridgehead atoms. The molecule has 80 valence electrons. The van der Waals surface area contributed by atoms with Crippen LogP contribution >= 0.6 is 0 Å². The average Bonchev–Trinajstić information content (AvgIpc) is 3.04. The maximum atomic E-state index is 11.3. The first kappa shape index (κ1) is 9.97. The van der Waals surface area contributed by atoms with Crippen molar-refractivity contribution in [2.24, 2.45) is 11.8 Å². The standard InChI is InChI=1S/C11H20N2O/c1-8(9-2-3-9)6-13-11(14)7-12-10-4-5-10/h8-10,12H,2-7H2,1H3,(H,13,14). The molecule has 2 aliphatic carbocycles. The van der Waals surface area contributed by atoms with E-state index in [2.05, 4.69) is 17.6 Å². The summed E-state index contributed by atoms with van der Waals surface area (Å²) in [5.41, 5.74) is 0. The highest BCUT2D eigenvalue weighted by Crippen LogP contribution is 2.35. The van der Waals surface area contributed by atoms with Gasteiger partial charge in [-0.05, 0) is 37.5 Å². The largest absolute Gasteiger partial charge is 0.355 e. The lowest BCUT2D eigenvalue weighted by molar-refractivity contribution is -0.120. The molecule has 0 aliphatic heterocycles. The lowest BCUT2D eigenvalue weighted by Crippen LogP contribution is -2.37. The van der Waals surface area contributed by atoms with Crippen molar-refractivity contribution in [3.63, 3.8) is 0 Å². The van der Waals surface area contributed by atoms with Crippen LogP contribution < -0.4 is 10.6 Å². The molecule has 2 aliphatic rings. The molecule has 1 atom stereocenters. The second-order valence-electron chi connectivity index (χ2n) is 4.77. The monoisotopic (exact) mass is 196 g/mol. The number of hydrogen-bond donors (Lipinski definition) is 2. The van der Waals surface area contributed by atoms with Crippen LogP contribution in [0, 0.1) is 11.8 Å². The number of rotatable bonds is 6. The van der Waals surface area contributed by atoms with Crippen molar-refractivity contribution >= 4 is 5.91 Å². The number of carbonyl (C=O) groups excluding carboxylic acids is 1. The van der Waals surface area contributed by atoms with Crippen molar-refractivity contribution in [3.8, 4) is 0 Å². The molecule has 2 fully saturated rings. The van der Waals surface area contributed by atoms with E-state index in [-0.39, 0.29) is 5.91 Å². The van der Waals surface area contributed by atoms with Gasteiger partial charge < -0.3 is 10.6 Å². The summed E-state index contributed by atoms with van der Waals surface area (Å²) in [4.78, 5) is 11.3. The second-order valence-corrected chi connectivity index (χ2v) is 4.77. The van der Waals surface area contributed by atoms with E-state index in [0.717, 1.165) is 12.5 Å². The van der Waals surface area contributed by atoms with Gasteiger partial charge in [-0.2, -0.15) is 0 Å². The Morgan fingerprint density at radius 1 is 1.36 bits per heavy atom. The third kappa shape index (κ3) is 3.29. The van der Waals surface area contributed by atoms with Crippen molar-refractivity contribution in [3.05, 3.63) is 0 Å². The Labute approximate surface area is 85.6 Å². The van der Waals surface area contributed by atoms with Crippen molar-refractivity contribution in [2.45, 2.75) is 38.6 Å². The summed E-state index contributed by atoms with van der Waals surface area (Å²) < 4.78 is 0. The van der Waals surface area contributed by atoms with Gasteiger partial charge >= 0.3 is 0 Å². The van der Waals surface area contributed by atoms with E-state index in [1.807, 2.05) is 0 Å². The van der Waals surface area contributed by atoms with Gasteiger partial charge in [0.1, 0.15) is 0 Å². The van der Waals surface area contributed by atoms with Gasteiger partial charge in [-0.15, -0.1) is 0 Å². The molecule has 0 aromatic rings. The van der Waals surface area contributed by atoms with Crippen molar-refractivity contribution in [1.29, 1.82) is 0 Å². The average molecular weight is 196 g/mol. The summed E-state index contributed by atoms with van der Waals surface area (Å²) in [6.07, 6.45) is 5.20. The molecule has 3 heteroatoms. The zero-order valence-corrected chi connectivity index (χ0v) is 8.88. The lowest BCUT2D eigenvalue weighted by atomic mass is 10.1. The fourth-order valence-corrected chi connectivity index (χ4v) is 1.69. The van der Waals surface area contributed by atoms with Crippen molar-refractivity contribution in [2.75, 3.05) is 13.1 Å².